The van der Waals surface area contributed by atoms with Crippen LogP contribution in [-0.4, -0.2) is 37.8 Å². The molecule has 1 aromatic carbocycles. The second-order valence-corrected chi connectivity index (χ2v) is 4.03. The van der Waals surface area contributed by atoms with Gasteiger partial charge in [0.1, 0.15) is 5.70 Å². The molecule has 0 aliphatic carbocycles. The van der Waals surface area contributed by atoms with E-state index in [0.29, 0.717) is 0 Å². The van der Waals surface area contributed by atoms with Crippen molar-refractivity contribution in [1.82, 2.24) is 0 Å². The number of methoxy groups -OCH3 is 2. The largest absolute Gasteiger partial charge is 0.466 e. The van der Waals surface area contributed by atoms with Gasteiger partial charge in [-0.3, -0.25) is 14.5 Å². The van der Waals surface area contributed by atoms with E-state index >= 15 is 0 Å². The van der Waals surface area contributed by atoms with Gasteiger partial charge in [0.25, 0.3) is 5.78 Å². The van der Waals surface area contributed by atoms with E-state index in [0.717, 1.165) is 25.2 Å². The monoisotopic (exact) mass is 289 g/mol. The topological polar surface area (TPSA) is 90.0 Å². The second kappa shape index (κ2) is 5.58. The van der Waals surface area contributed by atoms with Crippen molar-refractivity contribution in [3.05, 3.63) is 41.6 Å². The summed E-state index contributed by atoms with van der Waals surface area (Å²) in [4.78, 5) is 48.0. The van der Waals surface area contributed by atoms with Gasteiger partial charge in [-0.25, -0.2) is 9.59 Å². The van der Waals surface area contributed by atoms with Crippen molar-refractivity contribution in [2.24, 2.45) is 0 Å². The normalized spacial score (nSPS) is 14.0. The number of para-hydroxylation sites is 1. The third-order valence-corrected chi connectivity index (χ3v) is 2.88. The van der Waals surface area contributed by atoms with Gasteiger partial charge in [0.05, 0.1) is 31.5 Å². The number of carbonyl (C=O) groups excluding carboxylic acids is 4. The maximum Gasteiger partial charge on any atom is 0.355 e. The average molecular weight is 289 g/mol. The van der Waals surface area contributed by atoms with E-state index in [1.807, 2.05) is 0 Å². The summed E-state index contributed by atoms with van der Waals surface area (Å²) in [5.41, 5.74) is -0.0112. The SMILES string of the molecule is COC(=O)/C=C(/C(=O)OC)N1C(=O)C(=O)c2ccccc21. The van der Waals surface area contributed by atoms with Crippen molar-refractivity contribution in [3.63, 3.8) is 0 Å². The number of rotatable bonds is 3. The molecule has 0 bridgehead atoms. The van der Waals surface area contributed by atoms with Crippen LogP contribution in [0.4, 0.5) is 5.69 Å². The third kappa shape index (κ3) is 2.40. The number of amides is 1. The Morgan fingerprint density at radius 1 is 1.10 bits per heavy atom. The van der Waals surface area contributed by atoms with Crippen molar-refractivity contribution in [2.45, 2.75) is 0 Å². The van der Waals surface area contributed by atoms with Gasteiger partial charge >= 0.3 is 17.8 Å². The van der Waals surface area contributed by atoms with E-state index in [1.165, 1.54) is 12.1 Å². The van der Waals surface area contributed by atoms with Crippen LogP contribution in [0.2, 0.25) is 0 Å². The Balaban J connectivity index is 2.58. The highest BCUT2D eigenvalue weighted by atomic mass is 16.5. The highest BCUT2D eigenvalue weighted by molar-refractivity contribution is 6.53. The van der Waals surface area contributed by atoms with Gasteiger partial charge in [0.2, 0.25) is 0 Å². The minimum absolute atomic E-state index is 0.155. The summed E-state index contributed by atoms with van der Waals surface area (Å²) < 4.78 is 8.99. The molecule has 1 heterocycles. The number of ether oxygens (including phenoxy) is 2. The van der Waals surface area contributed by atoms with Gasteiger partial charge in [-0.2, -0.15) is 0 Å². The Kier molecular flexibility index (Phi) is 3.84. The first-order chi connectivity index (χ1) is 10.0. The fraction of sp³-hybridized carbons (Fsp3) is 0.143. The molecule has 0 aromatic heterocycles. The van der Waals surface area contributed by atoms with Gasteiger partial charge in [-0.1, -0.05) is 12.1 Å². The lowest BCUT2D eigenvalue weighted by atomic mass is 10.1. The molecule has 1 amide bonds. The molecule has 108 valence electrons. The van der Waals surface area contributed by atoms with Crippen LogP contribution in [0.1, 0.15) is 10.4 Å². The molecule has 0 saturated carbocycles. The zero-order valence-electron chi connectivity index (χ0n) is 11.3. The van der Waals surface area contributed by atoms with Crippen molar-refractivity contribution >= 4 is 29.3 Å². The van der Waals surface area contributed by atoms with Crippen molar-refractivity contribution < 1.29 is 28.7 Å². The molecule has 0 fully saturated rings. The van der Waals surface area contributed by atoms with Gasteiger partial charge in [-0.15, -0.1) is 0 Å². The summed E-state index contributed by atoms with van der Waals surface area (Å²) in [5.74, 6) is -3.47. The van der Waals surface area contributed by atoms with Crippen molar-refractivity contribution in [2.75, 3.05) is 19.1 Å². The molecule has 0 N–H and O–H groups in total. The number of esters is 2. The lowest BCUT2D eigenvalue weighted by Crippen LogP contribution is -2.34. The van der Waals surface area contributed by atoms with Crippen LogP contribution in [0, 0.1) is 0 Å². The third-order valence-electron chi connectivity index (χ3n) is 2.88. The molecule has 0 radical (unpaired) electrons. The average Bonchev–Trinajstić information content (AvgIpc) is 2.76. The number of Topliss-reactive ketones (excluding diaryl/α,β-unsaturated/α-hetero) is 1. The molecule has 7 heteroatoms. The molecule has 1 aliphatic rings. The lowest BCUT2D eigenvalue weighted by molar-refractivity contribution is -0.138. The van der Waals surface area contributed by atoms with E-state index in [4.69, 9.17) is 0 Å². The van der Waals surface area contributed by atoms with Gasteiger partial charge in [-0.05, 0) is 12.1 Å². The van der Waals surface area contributed by atoms with Crippen LogP contribution in [0.3, 0.4) is 0 Å². The summed E-state index contributed by atoms with van der Waals surface area (Å²) in [6.07, 6.45) is 0.805. The number of hydrogen-bond acceptors (Lipinski definition) is 6. The molecule has 1 aromatic rings. The summed E-state index contributed by atoms with van der Waals surface area (Å²) in [6, 6.07) is 6.15. The van der Waals surface area contributed by atoms with Crippen LogP contribution >= 0.6 is 0 Å². The summed E-state index contributed by atoms with van der Waals surface area (Å²) in [7, 11) is 2.22. The van der Waals surface area contributed by atoms with Crippen LogP contribution in [0.5, 0.6) is 0 Å². The van der Waals surface area contributed by atoms with Crippen molar-refractivity contribution in [1.29, 1.82) is 0 Å². The lowest BCUT2D eigenvalue weighted by Gasteiger charge is -2.17. The predicted molar refractivity (Wildman–Crippen MR) is 70.4 cm³/mol. The summed E-state index contributed by atoms with van der Waals surface area (Å²) >= 11 is 0. The van der Waals surface area contributed by atoms with Gasteiger partial charge < -0.3 is 9.47 Å². The number of fused-ring (bicyclic) bond motifs is 1. The molecular formula is C14H11NO6. The fourth-order valence-corrected chi connectivity index (χ4v) is 1.92. The quantitative estimate of drug-likeness (QED) is 0.456. The maximum absolute atomic E-state index is 12.1. The molecule has 2 rings (SSSR count). The van der Waals surface area contributed by atoms with Crippen molar-refractivity contribution in [3.8, 4) is 0 Å². The number of ketones is 1. The number of anilines is 1. The minimum atomic E-state index is -0.934. The van der Waals surface area contributed by atoms with E-state index in [2.05, 4.69) is 9.47 Å². The highest BCUT2D eigenvalue weighted by Gasteiger charge is 2.40. The number of carbonyl (C=O) groups is 4. The van der Waals surface area contributed by atoms with Crippen LogP contribution in [0.15, 0.2) is 36.0 Å². The minimum Gasteiger partial charge on any atom is -0.466 e. The number of benzene rings is 1. The fourth-order valence-electron chi connectivity index (χ4n) is 1.92. The molecule has 21 heavy (non-hydrogen) atoms. The smallest absolute Gasteiger partial charge is 0.355 e. The Morgan fingerprint density at radius 3 is 2.38 bits per heavy atom. The van der Waals surface area contributed by atoms with Gasteiger partial charge in [0.15, 0.2) is 0 Å². The zero-order chi connectivity index (χ0) is 15.6. The van der Waals surface area contributed by atoms with Crippen LogP contribution < -0.4 is 4.90 Å². The maximum atomic E-state index is 12.1. The molecule has 0 saturated heterocycles. The van der Waals surface area contributed by atoms with E-state index in [-0.39, 0.29) is 16.9 Å². The number of hydrogen-bond donors (Lipinski definition) is 0. The Bertz CT molecular complexity index is 676. The molecule has 0 unspecified atom stereocenters. The second-order valence-electron chi connectivity index (χ2n) is 4.03. The Labute approximate surface area is 119 Å². The molecule has 0 spiro atoms. The van der Waals surface area contributed by atoms with E-state index < -0.39 is 23.6 Å². The zero-order valence-corrected chi connectivity index (χ0v) is 11.3. The molecule has 1 aliphatic heterocycles. The predicted octanol–water partition coefficient (Wildman–Crippen LogP) is 0.446. The summed E-state index contributed by atoms with van der Waals surface area (Å²) in [5, 5.41) is 0. The molecule has 7 nitrogen and oxygen atoms in total. The first-order valence-electron chi connectivity index (χ1n) is 5.87. The Hall–Kier alpha value is -2.96. The molecular weight excluding hydrogens is 278 g/mol. The van der Waals surface area contributed by atoms with Crippen LogP contribution in [-0.2, 0) is 23.9 Å². The standard InChI is InChI=1S/C14H11NO6/c1-20-11(16)7-10(14(19)21-2)15-9-6-4-3-5-8(9)12(17)13(15)18/h3-7H,1-2H3/b10-7-. The first kappa shape index (κ1) is 14.4. The van der Waals surface area contributed by atoms with E-state index in [1.54, 1.807) is 12.1 Å². The van der Waals surface area contributed by atoms with Crippen LogP contribution in [0.25, 0.3) is 0 Å². The Morgan fingerprint density at radius 2 is 1.76 bits per heavy atom. The summed E-state index contributed by atoms with van der Waals surface area (Å²) in [6.45, 7) is 0. The number of nitrogens with zero attached hydrogens (tertiary/aromatic N) is 1. The highest BCUT2D eigenvalue weighted by Crippen LogP contribution is 2.32. The first-order valence-corrected chi connectivity index (χ1v) is 5.87. The molecule has 0 atom stereocenters. The van der Waals surface area contributed by atoms with E-state index in [9.17, 15) is 19.2 Å². The van der Waals surface area contributed by atoms with Gasteiger partial charge in [0, 0.05) is 0 Å².